The monoisotopic (exact) mass is 220 g/mol. The van der Waals surface area contributed by atoms with Gasteiger partial charge in [-0.25, -0.2) is 0 Å². The third kappa shape index (κ3) is 1.70. The van der Waals surface area contributed by atoms with Crippen LogP contribution in [0.2, 0.25) is 0 Å². The summed E-state index contributed by atoms with van der Waals surface area (Å²) in [5.74, 6) is -0.759. The summed E-state index contributed by atoms with van der Waals surface area (Å²) >= 11 is 0. The molecule has 1 heterocycles. The number of hydrogen-bond acceptors (Lipinski definition) is 4. The quantitative estimate of drug-likeness (QED) is 0.472. The first kappa shape index (κ1) is 10.8. The van der Waals surface area contributed by atoms with Crippen LogP contribution in [0.5, 0.6) is 0 Å². The molecule has 1 atom stereocenters. The highest BCUT2D eigenvalue weighted by atomic mass is 16.3. The normalized spacial score (nSPS) is 16.6. The molecule has 0 fully saturated rings. The number of aliphatic hydroxyl groups excluding tert-OH is 1. The van der Waals surface area contributed by atoms with Gasteiger partial charge in [0, 0.05) is 5.56 Å². The number of carbonyl (C=O) groups is 2. The molecule has 1 unspecified atom stereocenters. The van der Waals surface area contributed by atoms with Gasteiger partial charge in [-0.05, 0) is 12.6 Å². The minimum Gasteiger partial charge on any atom is -0.374 e. The summed E-state index contributed by atoms with van der Waals surface area (Å²) in [6.45, 7) is 0. The van der Waals surface area contributed by atoms with Gasteiger partial charge in [-0.2, -0.15) is 0 Å². The Morgan fingerprint density at radius 2 is 2.19 bits per heavy atom. The molecule has 2 rings (SSSR count). The van der Waals surface area contributed by atoms with E-state index in [-0.39, 0.29) is 12.3 Å². The van der Waals surface area contributed by atoms with E-state index >= 15 is 0 Å². The average molecular weight is 220 g/mol. The van der Waals surface area contributed by atoms with Crippen molar-refractivity contribution in [3.05, 3.63) is 34.9 Å². The van der Waals surface area contributed by atoms with E-state index in [1.165, 1.54) is 0 Å². The summed E-state index contributed by atoms with van der Waals surface area (Å²) in [7, 11) is 1.59. The minimum atomic E-state index is -0.908. The summed E-state index contributed by atoms with van der Waals surface area (Å²) in [5, 5.41) is 14.6. The second kappa shape index (κ2) is 4.03. The third-order valence-corrected chi connectivity index (χ3v) is 2.58. The van der Waals surface area contributed by atoms with Crippen molar-refractivity contribution in [3.63, 3.8) is 0 Å². The van der Waals surface area contributed by atoms with Crippen LogP contribution < -0.4 is 10.6 Å². The van der Waals surface area contributed by atoms with Gasteiger partial charge < -0.3 is 5.11 Å². The Kier molecular flexibility index (Phi) is 2.72. The standard InChI is InChI=1S/C11H12N2O3/c1-12-10(15)7-4-2-3-6-5-8(14)13-11(16)9(6)7/h2-4,10,12,15H,5H2,1H3,(H,13,14,16). The molecular weight excluding hydrogens is 208 g/mol. The van der Waals surface area contributed by atoms with Crippen molar-refractivity contribution in [3.8, 4) is 0 Å². The van der Waals surface area contributed by atoms with Crippen LogP contribution in [-0.4, -0.2) is 24.0 Å². The Hall–Kier alpha value is -1.72. The van der Waals surface area contributed by atoms with E-state index in [4.69, 9.17) is 0 Å². The first-order valence-electron chi connectivity index (χ1n) is 4.94. The molecule has 1 aliphatic heterocycles. The molecule has 2 amide bonds. The lowest BCUT2D eigenvalue weighted by Crippen LogP contribution is -2.38. The van der Waals surface area contributed by atoms with Gasteiger partial charge in [0.25, 0.3) is 5.91 Å². The number of amides is 2. The highest BCUT2D eigenvalue weighted by molar-refractivity contribution is 6.10. The number of fused-ring (bicyclic) bond motifs is 1. The number of carbonyl (C=O) groups excluding carboxylic acids is 2. The predicted molar refractivity (Wildman–Crippen MR) is 56.6 cm³/mol. The molecule has 5 heteroatoms. The number of hydrogen-bond donors (Lipinski definition) is 3. The van der Waals surface area contributed by atoms with Crippen LogP contribution in [-0.2, 0) is 11.2 Å². The van der Waals surface area contributed by atoms with Crippen LogP contribution >= 0.6 is 0 Å². The van der Waals surface area contributed by atoms with E-state index in [0.717, 1.165) is 0 Å². The molecule has 0 aliphatic carbocycles. The van der Waals surface area contributed by atoms with E-state index in [0.29, 0.717) is 16.7 Å². The van der Waals surface area contributed by atoms with Gasteiger partial charge >= 0.3 is 0 Å². The first-order chi connectivity index (χ1) is 7.63. The van der Waals surface area contributed by atoms with Crippen LogP contribution in [0, 0.1) is 0 Å². The van der Waals surface area contributed by atoms with E-state index in [1.54, 1.807) is 25.2 Å². The molecule has 0 spiro atoms. The number of nitrogens with one attached hydrogen (secondary N) is 2. The second-order valence-corrected chi connectivity index (χ2v) is 3.63. The highest BCUT2D eigenvalue weighted by Crippen LogP contribution is 2.22. The third-order valence-electron chi connectivity index (χ3n) is 2.58. The Morgan fingerprint density at radius 1 is 1.44 bits per heavy atom. The maximum Gasteiger partial charge on any atom is 0.258 e. The van der Waals surface area contributed by atoms with Gasteiger partial charge in [-0.15, -0.1) is 0 Å². The van der Waals surface area contributed by atoms with E-state index in [1.807, 2.05) is 0 Å². The summed E-state index contributed by atoms with van der Waals surface area (Å²) in [6.07, 6.45) is -0.736. The molecule has 0 radical (unpaired) electrons. The maximum atomic E-state index is 11.7. The van der Waals surface area contributed by atoms with E-state index in [2.05, 4.69) is 10.6 Å². The molecule has 1 aromatic rings. The zero-order valence-electron chi connectivity index (χ0n) is 8.78. The fourth-order valence-corrected chi connectivity index (χ4v) is 1.83. The Labute approximate surface area is 92.5 Å². The Balaban J connectivity index is 2.54. The van der Waals surface area contributed by atoms with Crippen molar-refractivity contribution in [1.82, 2.24) is 10.6 Å². The smallest absolute Gasteiger partial charge is 0.258 e. The van der Waals surface area contributed by atoms with Crippen molar-refractivity contribution < 1.29 is 14.7 Å². The fraction of sp³-hybridized carbons (Fsp3) is 0.273. The van der Waals surface area contributed by atoms with Crippen LogP contribution in [0.1, 0.15) is 27.7 Å². The lowest BCUT2D eigenvalue weighted by Gasteiger charge is -2.20. The molecular formula is C11H12N2O3. The maximum absolute atomic E-state index is 11.7. The molecule has 0 aromatic heterocycles. The van der Waals surface area contributed by atoms with E-state index in [9.17, 15) is 14.7 Å². The van der Waals surface area contributed by atoms with Crippen molar-refractivity contribution >= 4 is 11.8 Å². The molecule has 16 heavy (non-hydrogen) atoms. The largest absolute Gasteiger partial charge is 0.374 e. The van der Waals surface area contributed by atoms with Crippen molar-refractivity contribution in [2.45, 2.75) is 12.6 Å². The molecule has 3 N–H and O–H groups in total. The number of benzene rings is 1. The zero-order chi connectivity index (χ0) is 11.7. The lowest BCUT2D eigenvalue weighted by atomic mass is 9.94. The van der Waals surface area contributed by atoms with Gasteiger partial charge in [0.15, 0.2) is 0 Å². The summed E-state index contributed by atoms with van der Waals surface area (Å²) < 4.78 is 0. The topological polar surface area (TPSA) is 78.4 Å². The summed E-state index contributed by atoms with van der Waals surface area (Å²) in [5.41, 5.74) is 1.54. The van der Waals surface area contributed by atoms with Crippen molar-refractivity contribution in [1.29, 1.82) is 0 Å². The van der Waals surface area contributed by atoms with Gasteiger partial charge in [0.1, 0.15) is 6.23 Å². The van der Waals surface area contributed by atoms with Crippen LogP contribution in [0.3, 0.4) is 0 Å². The Bertz CT molecular complexity index is 457. The second-order valence-electron chi connectivity index (χ2n) is 3.63. The zero-order valence-corrected chi connectivity index (χ0v) is 8.78. The van der Waals surface area contributed by atoms with Gasteiger partial charge in [0.05, 0.1) is 12.0 Å². The summed E-state index contributed by atoms with van der Waals surface area (Å²) in [6, 6.07) is 5.10. The van der Waals surface area contributed by atoms with Crippen LogP contribution in [0.15, 0.2) is 18.2 Å². The molecule has 0 saturated carbocycles. The molecule has 84 valence electrons. The number of aliphatic hydroxyl groups is 1. The van der Waals surface area contributed by atoms with Crippen LogP contribution in [0.25, 0.3) is 0 Å². The molecule has 1 aliphatic rings. The SMILES string of the molecule is CNC(O)c1cccc2c1C(=O)NC(=O)C2. The molecule has 1 aromatic carbocycles. The highest BCUT2D eigenvalue weighted by Gasteiger charge is 2.26. The lowest BCUT2D eigenvalue weighted by molar-refractivity contribution is -0.119. The van der Waals surface area contributed by atoms with E-state index < -0.39 is 12.1 Å². The average Bonchev–Trinajstić information content (AvgIpc) is 2.26. The van der Waals surface area contributed by atoms with Crippen molar-refractivity contribution in [2.24, 2.45) is 0 Å². The van der Waals surface area contributed by atoms with Gasteiger partial charge in [-0.1, -0.05) is 18.2 Å². The van der Waals surface area contributed by atoms with Crippen molar-refractivity contribution in [2.75, 3.05) is 7.05 Å². The molecule has 0 bridgehead atoms. The molecule has 5 nitrogen and oxygen atoms in total. The molecule has 0 saturated heterocycles. The summed E-state index contributed by atoms with van der Waals surface area (Å²) in [4.78, 5) is 22.8. The number of imide groups is 1. The Morgan fingerprint density at radius 3 is 2.88 bits per heavy atom. The van der Waals surface area contributed by atoms with Crippen LogP contribution in [0.4, 0.5) is 0 Å². The minimum absolute atomic E-state index is 0.172. The fourth-order valence-electron chi connectivity index (χ4n) is 1.83. The predicted octanol–water partition coefficient (Wildman–Crippen LogP) is -0.291. The first-order valence-corrected chi connectivity index (χ1v) is 4.94. The van der Waals surface area contributed by atoms with Gasteiger partial charge in [0.2, 0.25) is 5.91 Å². The number of rotatable bonds is 2. The van der Waals surface area contributed by atoms with Gasteiger partial charge in [-0.3, -0.25) is 20.2 Å².